The van der Waals surface area contributed by atoms with Gasteiger partial charge in [-0.3, -0.25) is 0 Å². The third-order valence-electron chi connectivity index (χ3n) is 4.60. The van der Waals surface area contributed by atoms with Gasteiger partial charge >= 0.3 is 0 Å². The zero-order valence-corrected chi connectivity index (χ0v) is 12.5. The van der Waals surface area contributed by atoms with Crippen LogP contribution < -0.4 is 5.32 Å². The normalized spacial score (nSPS) is 20.7. The molecule has 1 unspecified atom stereocenters. The molecule has 0 heterocycles. The average molecular weight is 255 g/mol. The molecule has 1 saturated carbocycles. The first-order valence-corrected chi connectivity index (χ1v) is 8.16. The molecule has 0 aliphatic heterocycles. The molecule has 108 valence electrons. The van der Waals surface area contributed by atoms with Crippen LogP contribution in [0.25, 0.3) is 0 Å². The van der Waals surface area contributed by atoms with Crippen LogP contribution in [0.2, 0.25) is 0 Å². The summed E-state index contributed by atoms with van der Waals surface area (Å²) in [5, 5.41) is 13.6. The second kappa shape index (κ2) is 9.80. The molecule has 2 heteroatoms. The number of nitrogens with one attached hydrogen (secondary N) is 1. The second-order valence-electron chi connectivity index (χ2n) is 6.01. The molecule has 0 amide bonds. The van der Waals surface area contributed by atoms with E-state index in [9.17, 15) is 5.11 Å². The van der Waals surface area contributed by atoms with Crippen molar-refractivity contribution in [2.24, 2.45) is 11.8 Å². The zero-order valence-electron chi connectivity index (χ0n) is 12.5. The van der Waals surface area contributed by atoms with Gasteiger partial charge in [0.05, 0.1) is 6.10 Å². The van der Waals surface area contributed by atoms with Gasteiger partial charge in [-0.2, -0.15) is 0 Å². The summed E-state index contributed by atoms with van der Waals surface area (Å²) in [6, 6.07) is 0. The smallest absolute Gasteiger partial charge is 0.0692 e. The Kier molecular flexibility index (Phi) is 8.70. The van der Waals surface area contributed by atoms with Gasteiger partial charge in [-0.05, 0) is 31.2 Å². The summed E-state index contributed by atoms with van der Waals surface area (Å²) >= 11 is 0. The summed E-state index contributed by atoms with van der Waals surface area (Å²) in [4.78, 5) is 0. The van der Waals surface area contributed by atoms with E-state index in [2.05, 4.69) is 19.2 Å². The molecule has 0 bridgehead atoms. The largest absolute Gasteiger partial charge is 0.392 e. The minimum atomic E-state index is -0.159. The maximum absolute atomic E-state index is 10.1. The van der Waals surface area contributed by atoms with Gasteiger partial charge in [-0.25, -0.2) is 0 Å². The predicted molar refractivity (Wildman–Crippen MR) is 78.8 cm³/mol. The molecule has 0 aromatic heterocycles. The van der Waals surface area contributed by atoms with Crippen LogP contribution in [0.5, 0.6) is 0 Å². The van der Waals surface area contributed by atoms with E-state index in [0.29, 0.717) is 5.92 Å². The Morgan fingerprint density at radius 3 is 2.11 bits per heavy atom. The van der Waals surface area contributed by atoms with Gasteiger partial charge in [0, 0.05) is 6.54 Å². The Morgan fingerprint density at radius 1 is 1.00 bits per heavy atom. The van der Waals surface area contributed by atoms with Crippen molar-refractivity contribution in [3.63, 3.8) is 0 Å². The first kappa shape index (κ1) is 16.0. The van der Waals surface area contributed by atoms with E-state index in [-0.39, 0.29) is 6.10 Å². The molecule has 1 atom stereocenters. The van der Waals surface area contributed by atoms with Gasteiger partial charge in [0.25, 0.3) is 0 Å². The van der Waals surface area contributed by atoms with Crippen molar-refractivity contribution < 1.29 is 5.11 Å². The van der Waals surface area contributed by atoms with Crippen LogP contribution in [-0.2, 0) is 0 Å². The summed E-state index contributed by atoms with van der Waals surface area (Å²) in [6.07, 6.45) is 11.9. The van der Waals surface area contributed by atoms with Crippen LogP contribution in [0.3, 0.4) is 0 Å². The molecule has 0 saturated heterocycles. The summed E-state index contributed by atoms with van der Waals surface area (Å²) in [6.45, 7) is 6.23. The molecule has 2 N–H and O–H groups in total. The van der Waals surface area contributed by atoms with Crippen molar-refractivity contribution in [3.05, 3.63) is 0 Å². The number of hydrogen-bond acceptors (Lipinski definition) is 2. The summed E-state index contributed by atoms with van der Waals surface area (Å²) in [5.41, 5.74) is 0. The SMILES string of the molecule is CCC(CC)C(O)CNCC1CCCCCCC1. The van der Waals surface area contributed by atoms with Crippen molar-refractivity contribution in [2.45, 2.75) is 77.7 Å². The molecule has 1 aliphatic rings. The number of aliphatic hydroxyl groups is 1. The lowest BCUT2D eigenvalue weighted by molar-refractivity contribution is 0.0999. The maximum atomic E-state index is 10.1. The molecule has 18 heavy (non-hydrogen) atoms. The highest BCUT2D eigenvalue weighted by Crippen LogP contribution is 2.21. The molecule has 1 aliphatic carbocycles. The highest BCUT2D eigenvalue weighted by Gasteiger charge is 2.16. The molecular formula is C16H33NO. The van der Waals surface area contributed by atoms with Gasteiger partial charge in [-0.1, -0.05) is 58.8 Å². The highest BCUT2D eigenvalue weighted by atomic mass is 16.3. The van der Waals surface area contributed by atoms with Crippen LogP contribution in [0.4, 0.5) is 0 Å². The molecule has 1 rings (SSSR count). The summed E-state index contributed by atoms with van der Waals surface area (Å²) in [7, 11) is 0. The lowest BCUT2D eigenvalue weighted by atomic mass is 9.91. The highest BCUT2D eigenvalue weighted by molar-refractivity contribution is 4.71. The summed E-state index contributed by atoms with van der Waals surface area (Å²) < 4.78 is 0. The first-order valence-electron chi connectivity index (χ1n) is 8.16. The fraction of sp³-hybridized carbons (Fsp3) is 1.00. The van der Waals surface area contributed by atoms with Crippen LogP contribution in [0, 0.1) is 11.8 Å². The lowest BCUT2D eigenvalue weighted by Gasteiger charge is -2.23. The monoisotopic (exact) mass is 255 g/mol. The molecular weight excluding hydrogens is 222 g/mol. The lowest BCUT2D eigenvalue weighted by Crippen LogP contribution is -2.35. The Bertz CT molecular complexity index is 184. The molecule has 0 spiro atoms. The van der Waals surface area contributed by atoms with Crippen LogP contribution in [0.15, 0.2) is 0 Å². The minimum absolute atomic E-state index is 0.159. The Morgan fingerprint density at radius 2 is 1.56 bits per heavy atom. The van der Waals surface area contributed by atoms with Gasteiger partial charge in [0.1, 0.15) is 0 Å². The first-order chi connectivity index (χ1) is 8.77. The number of aliphatic hydroxyl groups excluding tert-OH is 1. The van der Waals surface area contributed by atoms with E-state index in [0.717, 1.165) is 31.8 Å². The van der Waals surface area contributed by atoms with Gasteiger partial charge in [-0.15, -0.1) is 0 Å². The Hall–Kier alpha value is -0.0800. The average Bonchev–Trinajstić information content (AvgIpc) is 2.33. The van der Waals surface area contributed by atoms with E-state index < -0.39 is 0 Å². The summed E-state index contributed by atoms with van der Waals surface area (Å²) in [5.74, 6) is 1.31. The van der Waals surface area contributed by atoms with Crippen molar-refractivity contribution in [1.82, 2.24) is 5.32 Å². The molecule has 1 fully saturated rings. The van der Waals surface area contributed by atoms with Crippen molar-refractivity contribution in [1.29, 1.82) is 0 Å². The van der Waals surface area contributed by atoms with E-state index in [4.69, 9.17) is 0 Å². The van der Waals surface area contributed by atoms with Gasteiger partial charge < -0.3 is 10.4 Å². The Balaban J connectivity index is 2.14. The van der Waals surface area contributed by atoms with E-state index in [1.54, 1.807) is 0 Å². The molecule has 0 aromatic carbocycles. The van der Waals surface area contributed by atoms with E-state index in [1.165, 1.54) is 44.9 Å². The minimum Gasteiger partial charge on any atom is -0.392 e. The third-order valence-corrected chi connectivity index (χ3v) is 4.60. The standard InChI is InChI=1S/C16H33NO/c1-3-15(4-2)16(18)13-17-12-14-10-8-6-5-7-9-11-14/h14-18H,3-13H2,1-2H3. The molecule has 0 aromatic rings. The topological polar surface area (TPSA) is 32.3 Å². The van der Waals surface area contributed by atoms with Crippen LogP contribution in [0.1, 0.15) is 71.6 Å². The molecule has 0 radical (unpaired) electrons. The van der Waals surface area contributed by atoms with Crippen LogP contribution >= 0.6 is 0 Å². The van der Waals surface area contributed by atoms with Crippen molar-refractivity contribution >= 4 is 0 Å². The van der Waals surface area contributed by atoms with Crippen molar-refractivity contribution in [3.8, 4) is 0 Å². The van der Waals surface area contributed by atoms with Crippen LogP contribution in [-0.4, -0.2) is 24.3 Å². The van der Waals surface area contributed by atoms with Gasteiger partial charge in [0.2, 0.25) is 0 Å². The van der Waals surface area contributed by atoms with E-state index in [1.807, 2.05) is 0 Å². The van der Waals surface area contributed by atoms with Gasteiger partial charge in [0.15, 0.2) is 0 Å². The molecule has 2 nitrogen and oxygen atoms in total. The quantitative estimate of drug-likeness (QED) is 0.726. The van der Waals surface area contributed by atoms with E-state index >= 15 is 0 Å². The maximum Gasteiger partial charge on any atom is 0.0692 e. The van der Waals surface area contributed by atoms with Crippen molar-refractivity contribution in [2.75, 3.05) is 13.1 Å². The fourth-order valence-electron chi connectivity index (χ4n) is 3.18. The third kappa shape index (κ3) is 6.19. The second-order valence-corrected chi connectivity index (χ2v) is 6.01. The Labute approximate surface area is 114 Å². The number of hydrogen-bond donors (Lipinski definition) is 2. The fourth-order valence-corrected chi connectivity index (χ4v) is 3.18. The predicted octanol–water partition coefficient (Wildman–Crippen LogP) is 3.73. The number of rotatable bonds is 7. The zero-order chi connectivity index (χ0) is 13.2.